The SMILES string of the molecule is CN(CC[C@@H](Oc1ccc(F)cc1Cl)c1ccc2c(c1)OCO2)Cc1ccccc1. The molecule has 30 heavy (non-hydrogen) atoms. The van der Waals surface area contributed by atoms with Crippen molar-refractivity contribution in [3.63, 3.8) is 0 Å². The van der Waals surface area contributed by atoms with E-state index in [2.05, 4.69) is 24.1 Å². The third kappa shape index (κ3) is 5.04. The van der Waals surface area contributed by atoms with Gasteiger partial charge < -0.3 is 19.1 Å². The zero-order valence-electron chi connectivity index (χ0n) is 16.7. The van der Waals surface area contributed by atoms with Crippen LogP contribution in [0.5, 0.6) is 17.2 Å². The van der Waals surface area contributed by atoms with Crippen molar-refractivity contribution in [1.82, 2.24) is 4.90 Å². The first-order valence-corrected chi connectivity index (χ1v) is 10.2. The lowest BCUT2D eigenvalue weighted by Gasteiger charge is -2.24. The summed E-state index contributed by atoms with van der Waals surface area (Å²) in [6, 6.07) is 20.3. The lowest BCUT2D eigenvalue weighted by Crippen LogP contribution is -2.22. The van der Waals surface area contributed by atoms with Gasteiger partial charge in [-0.15, -0.1) is 0 Å². The molecule has 0 fully saturated rings. The molecule has 0 radical (unpaired) electrons. The van der Waals surface area contributed by atoms with E-state index in [0.717, 1.165) is 30.8 Å². The minimum absolute atomic E-state index is 0.216. The minimum Gasteiger partial charge on any atom is -0.484 e. The van der Waals surface area contributed by atoms with E-state index in [1.165, 1.54) is 17.7 Å². The maximum atomic E-state index is 13.4. The highest BCUT2D eigenvalue weighted by molar-refractivity contribution is 6.32. The largest absolute Gasteiger partial charge is 0.484 e. The average molecular weight is 428 g/mol. The quantitative estimate of drug-likeness (QED) is 0.451. The van der Waals surface area contributed by atoms with Crippen LogP contribution < -0.4 is 14.2 Å². The molecule has 3 aromatic rings. The Morgan fingerprint density at radius 2 is 1.83 bits per heavy atom. The van der Waals surface area contributed by atoms with Crippen LogP contribution in [0.3, 0.4) is 0 Å². The first kappa shape index (κ1) is 20.5. The maximum Gasteiger partial charge on any atom is 0.231 e. The van der Waals surface area contributed by atoms with Gasteiger partial charge in [0.2, 0.25) is 6.79 Å². The van der Waals surface area contributed by atoms with Crippen molar-refractivity contribution in [1.29, 1.82) is 0 Å². The minimum atomic E-state index is -0.394. The van der Waals surface area contributed by atoms with Crippen molar-refractivity contribution in [2.75, 3.05) is 20.4 Å². The molecule has 3 aromatic carbocycles. The van der Waals surface area contributed by atoms with Crippen LogP contribution in [0.25, 0.3) is 0 Å². The summed E-state index contributed by atoms with van der Waals surface area (Å²) in [5, 5.41) is 0.249. The molecule has 6 heteroatoms. The van der Waals surface area contributed by atoms with Crippen molar-refractivity contribution in [3.05, 3.63) is 88.7 Å². The van der Waals surface area contributed by atoms with Gasteiger partial charge in [0.05, 0.1) is 5.02 Å². The molecule has 0 amide bonds. The molecular weight excluding hydrogens is 405 g/mol. The lowest BCUT2D eigenvalue weighted by molar-refractivity contribution is 0.168. The fourth-order valence-corrected chi connectivity index (χ4v) is 3.65. The molecule has 0 spiro atoms. The number of hydrogen-bond donors (Lipinski definition) is 0. The van der Waals surface area contributed by atoms with Crippen LogP contribution in [0, 0.1) is 5.82 Å². The highest BCUT2D eigenvalue weighted by Crippen LogP contribution is 2.37. The number of halogens is 2. The van der Waals surface area contributed by atoms with Gasteiger partial charge in [-0.05, 0) is 48.5 Å². The van der Waals surface area contributed by atoms with Gasteiger partial charge in [0.15, 0.2) is 11.5 Å². The normalized spacial score (nSPS) is 13.5. The Morgan fingerprint density at radius 3 is 2.63 bits per heavy atom. The van der Waals surface area contributed by atoms with Crippen LogP contribution in [-0.2, 0) is 6.54 Å². The van der Waals surface area contributed by atoms with E-state index in [0.29, 0.717) is 11.5 Å². The summed E-state index contributed by atoms with van der Waals surface area (Å²) in [6.45, 7) is 1.85. The molecule has 0 saturated carbocycles. The molecule has 1 aliphatic rings. The first-order chi connectivity index (χ1) is 14.6. The predicted octanol–water partition coefficient (Wildman–Crippen LogP) is 5.85. The van der Waals surface area contributed by atoms with E-state index in [-0.39, 0.29) is 17.9 Å². The van der Waals surface area contributed by atoms with Crippen molar-refractivity contribution >= 4 is 11.6 Å². The molecule has 0 unspecified atom stereocenters. The predicted molar refractivity (Wildman–Crippen MR) is 115 cm³/mol. The zero-order valence-corrected chi connectivity index (χ0v) is 17.4. The number of nitrogens with zero attached hydrogens (tertiary/aromatic N) is 1. The van der Waals surface area contributed by atoms with Crippen LogP contribution >= 0.6 is 11.6 Å². The molecule has 4 nitrogen and oxygen atoms in total. The van der Waals surface area contributed by atoms with E-state index < -0.39 is 5.82 Å². The summed E-state index contributed by atoms with van der Waals surface area (Å²) >= 11 is 6.20. The molecule has 0 aromatic heterocycles. The Balaban J connectivity index is 1.50. The lowest BCUT2D eigenvalue weighted by atomic mass is 10.0. The summed E-state index contributed by atoms with van der Waals surface area (Å²) in [5.74, 6) is 1.48. The highest BCUT2D eigenvalue weighted by Gasteiger charge is 2.21. The van der Waals surface area contributed by atoms with Crippen LogP contribution in [0.15, 0.2) is 66.7 Å². The third-order valence-corrected chi connectivity index (χ3v) is 5.30. The Morgan fingerprint density at radius 1 is 1.03 bits per heavy atom. The van der Waals surface area contributed by atoms with Gasteiger partial charge in [0.1, 0.15) is 17.7 Å². The Bertz CT molecular complexity index is 999. The molecule has 4 rings (SSSR count). The van der Waals surface area contributed by atoms with E-state index in [1.807, 2.05) is 36.4 Å². The Hall–Kier alpha value is -2.76. The standard InChI is InChI=1S/C24H23ClFNO3/c1-27(15-17-5-3-2-4-6-17)12-11-21(30-22-10-8-19(26)14-20(22)25)18-7-9-23-24(13-18)29-16-28-23/h2-10,13-14,21H,11-12,15-16H2,1H3/t21-/m1/s1. The van der Waals surface area contributed by atoms with Crippen molar-refractivity contribution in [3.8, 4) is 17.2 Å². The van der Waals surface area contributed by atoms with Crippen molar-refractivity contribution in [2.24, 2.45) is 0 Å². The summed E-state index contributed by atoms with van der Waals surface area (Å²) in [4.78, 5) is 2.24. The molecule has 0 aliphatic carbocycles. The van der Waals surface area contributed by atoms with E-state index in [4.69, 9.17) is 25.8 Å². The topological polar surface area (TPSA) is 30.9 Å². The number of fused-ring (bicyclic) bond motifs is 1. The number of benzene rings is 3. The number of rotatable bonds is 8. The molecule has 1 atom stereocenters. The molecule has 1 aliphatic heterocycles. The summed E-state index contributed by atoms with van der Waals surface area (Å²) in [6.07, 6.45) is 0.442. The summed E-state index contributed by atoms with van der Waals surface area (Å²) in [5.41, 5.74) is 2.20. The second kappa shape index (κ2) is 9.37. The molecular formula is C24H23ClFNO3. The van der Waals surface area contributed by atoms with E-state index in [9.17, 15) is 4.39 Å². The van der Waals surface area contributed by atoms with E-state index >= 15 is 0 Å². The summed E-state index contributed by atoms with van der Waals surface area (Å²) < 4.78 is 30.6. The van der Waals surface area contributed by atoms with Gasteiger partial charge in [-0.25, -0.2) is 4.39 Å². The molecule has 0 N–H and O–H groups in total. The Kier molecular flexibility index (Phi) is 6.41. The van der Waals surface area contributed by atoms with Crippen LogP contribution in [0.4, 0.5) is 4.39 Å². The highest BCUT2D eigenvalue weighted by atomic mass is 35.5. The van der Waals surface area contributed by atoms with Gasteiger partial charge in [-0.3, -0.25) is 0 Å². The van der Waals surface area contributed by atoms with Gasteiger partial charge >= 0.3 is 0 Å². The van der Waals surface area contributed by atoms with Crippen LogP contribution in [0.1, 0.15) is 23.7 Å². The van der Waals surface area contributed by atoms with Gasteiger partial charge in [-0.2, -0.15) is 0 Å². The van der Waals surface area contributed by atoms with Crippen LogP contribution in [-0.4, -0.2) is 25.3 Å². The number of ether oxygens (including phenoxy) is 3. The molecule has 156 valence electrons. The van der Waals surface area contributed by atoms with Crippen molar-refractivity contribution < 1.29 is 18.6 Å². The molecule has 1 heterocycles. The van der Waals surface area contributed by atoms with Gasteiger partial charge in [0, 0.05) is 19.5 Å². The van der Waals surface area contributed by atoms with Crippen molar-refractivity contribution in [2.45, 2.75) is 19.1 Å². The maximum absolute atomic E-state index is 13.4. The molecule has 0 saturated heterocycles. The monoisotopic (exact) mass is 427 g/mol. The van der Waals surface area contributed by atoms with Crippen LogP contribution in [0.2, 0.25) is 5.02 Å². The fourth-order valence-electron chi connectivity index (χ4n) is 3.44. The third-order valence-electron chi connectivity index (χ3n) is 5.00. The van der Waals surface area contributed by atoms with E-state index in [1.54, 1.807) is 6.07 Å². The van der Waals surface area contributed by atoms with Gasteiger partial charge in [0.25, 0.3) is 0 Å². The second-order valence-electron chi connectivity index (χ2n) is 7.31. The average Bonchev–Trinajstić information content (AvgIpc) is 3.21. The summed E-state index contributed by atoms with van der Waals surface area (Å²) in [7, 11) is 2.08. The van der Waals surface area contributed by atoms with Gasteiger partial charge in [-0.1, -0.05) is 48.0 Å². The zero-order chi connectivity index (χ0) is 20.9. The first-order valence-electron chi connectivity index (χ1n) is 9.82. The smallest absolute Gasteiger partial charge is 0.231 e. The Labute approximate surface area is 180 Å². The number of hydrogen-bond acceptors (Lipinski definition) is 4. The molecule has 0 bridgehead atoms. The second-order valence-corrected chi connectivity index (χ2v) is 7.71. The fraction of sp³-hybridized carbons (Fsp3) is 0.250.